The molecular formula is C18H26ClN3O3. The normalized spacial score (nSPS) is 15.1. The van der Waals surface area contributed by atoms with Crippen LogP contribution in [0.5, 0.6) is 5.75 Å². The lowest BCUT2D eigenvalue weighted by molar-refractivity contribution is 0.0658. The van der Waals surface area contributed by atoms with Crippen molar-refractivity contribution in [2.45, 2.75) is 33.2 Å². The molecule has 3 amide bonds. The number of halogens is 1. The molecule has 1 aliphatic rings. The fourth-order valence-corrected chi connectivity index (χ4v) is 2.84. The zero-order valence-electron chi connectivity index (χ0n) is 15.5. The molecule has 0 saturated carbocycles. The van der Waals surface area contributed by atoms with Crippen molar-refractivity contribution in [2.24, 2.45) is 0 Å². The van der Waals surface area contributed by atoms with E-state index in [0.717, 1.165) is 5.56 Å². The number of urea groups is 1. The van der Waals surface area contributed by atoms with E-state index in [1.54, 1.807) is 21.9 Å². The Labute approximate surface area is 154 Å². The lowest BCUT2D eigenvalue weighted by Gasteiger charge is -2.36. The molecule has 0 aliphatic carbocycles. The van der Waals surface area contributed by atoms with Crippen molar-refractivity contribution in [3.63, 3.8) is 0 Å². The first kappa shape index (κ1) is 19.4. The molecule has 2 rings (SSSR count). The van der Waals surface area contributed by atoms with E-state index in [4.69, 9.17) is 16.3 Å². The van der Waals surface area contributed by atoms with Gasteiger partial charge in [-0.3, -0.25) is 4.79 Å². The van der Waals surface area contributed by atoms with Crippen molar-refractivity contribution in [3.8, 4) is 5.75 Å². The second-order valence-electron chi connectivity index (χ2n) is 7.26. The summed E-state index contributed by atoms with van der Waals surface area (Å²) in [6.07, 6.45) is 0. The quantitative estimate of drug-likeness (QED) is 0.874. The summed E-state index contributed by atoms with van der Waals surface area (Å²) in [6, 6.07) is 3.31. The van der Waals surface area contributed by atoms with E-state index >= 15 is 0 Å². The number of carbonyl (C=O) groups excluding carboxylic acids is 2. The molecule has 25 heavy (non-hydrogen) atoms. The van der Waals surface area contributed by atoms with Gasteiger partial charge in [0, 0.05) is 36.7 Å². The number of rotatable bonds is 2. The van der Waals surface area contributed by atoms with Gasteiger partial charge < -0.3 is 19.9 Å². The Morgan fingerprint density at radius 2 is 1.68 bits per heavy atom. The zero-order chi connectivity index (χ0) is 18.8. The molecule has 1 aromatic rings. The molecule has 1 saturated heterocycles. The Hall–Kier alpha value is -1.95. The van der Waals surface area contributed by atoms with E-state index in [0.29, 0.717) is 42.5 Å². The van der Waals surface area contributed by atoms with Gasteiger partial charge in [0.25, 0.3) is 5.91 Å². The van der Waals surface area contributed by atoms with Gasteiger partial charge in [0.15, 0.2) is 0 Å². The summed E-state index contributed by atoms with van der Waals surface area (Å²) in [5.41, 5.74) is 1.03. The fraction of sp³-hybridized carbons (Fsp3) is 0.556. The largest absolute Gasteiger partial charge is 0.496 e. The number of nitrogens with one attached hydrogen (secondary N) is 1. The highest BCUT2D eigenvalue weighted by Gasteiger charge is 2.28. The number of piperazine rings is 1. The first-order valence-electron chi connectivity index (χ1n) is 8.33. The van der Waals surface area contributed by atoms with Gasteiger partial charge in [-0.15, -0.1) is 0 Å². The number of carbonyl (C=O) groups is 2. The molecular weight excluding hydrogens is 342 g/mol. The monoisotopic (exact) mass is 367 g/mol. The summed E-state index contributed by atoms with van der Waals surface area (Å²) in [4.78, 5) is 28.5. The van der Waals surface area contributed by atoms with Crippen LogP contribution in [0.15, 0.2) is 12.1 Å². The molecule has 0 bridgehead atoms. The van der Waals surface area contributed by atoms with Gasteiger partial charge in [-0.2, -0.15) is 0 Å². The number of hydrogen-bond donors (Lipinski definition) is 1. The average molecular weight is 368 g/mol. The third kappa shape index (κ3) is 4.78. The molecule has 0 unspecified atom stereocenters. The predicted octanol–water partition coefficient (Wildman–Crippen LogP) is 2.92. The van der Waals surface area contributed by atoms with Crippen LogP contribution >= 0.6 is 11.6 Å². The number of methoxy groups -OCH3 is 1. The maximum atomic E-state index is 12.8. The number of aryl methyl sites for hydroxylation is 1. The standard InChI is InChI=1S/C18H26ClN3O3/c1-12-10-15(25-5)13(11-14(12)19)16(23)21-6-8-22(9-7-21)17(24)20-18(2,3)4/h10-11H,6-9H2,1-5H3,(H,20,24). The van der Waals surface area contributed by atoms with Crippen LogP contribution in [0.25, 0.3) is 0 Å². The van der Waals surface area contributed by atoms with Crippen LogP contribution in [0.1, 0.15) is 36.7 Å². The highest BCUT2D eigenvalue weighted by atomic mass is 35.5. The molecule has 138 valence electrons. The smallest absolute Gasteiger partial charge is 0.317 e. The Bertz CT molecular complexity index is 662. The van der Waals surface area contributed by atoms with Crippen LogP contribution in [0, 0.1) is 6.92 Å². The third-order valence-electron chi connectivity index (χ3n) is 4.05. The van der Waals surface area contributed by atoms with E-state index in [1.807, 2.05) is 27.7 Å². The highest BCUT2D eigenvalue weighted by molar-refractivity contribution is 6.31. The van der Waals surface area contributed by atoms with Gasteiger partial charge in [-0.1, -0.05) is 11.6 Å². The second-order valence-corrected chi connectivity index (χ2v) is 7.67. The van der Waals surface area contributed by atoms with E-state index in [2.05, 4.69) is 5.32 Å². The van der Waals surface area contributed by atoms with E-state index < -0.39 is 0 Å². The van der Waals surface area contributed by atoms with Crippen LogP contribution in [0.4, 0.5) is 4.79 Å². The molecule has 0 spiro atoms. The number of nitrogens with zero attached hydrogens (tertiary/aromatic N) is 2. The van der Waals surface area contributed by atoms with Crippen LogP contribution in [-0.2, 0) is 0 Å². The van der Waals surface area contributed by atoms with Crippen LogP contribution in [-0.4, -0.2) is 60.6 Å². The fourth-order valence-electron chi connectivity index (χ4n) is 2.67. The number of benzene rings is 1. The van der Waals surface area contributed by atoms with Gasteiger partial charge in [0.2, 0.25) is 0 Å². The van der Waals surface area contributed by atoms with E-state index in [9.17, 15) is 9.59 Å². The van der Waals surface area contributed by atoms with Crippen molar-refractivity contribution in [3.05, 3.63) is 28.3 Å². The van der Waals surface area contributed by atoms with Crippen LogP contribution in [0.3, 0.4) is 0 Å². The van der Waals surface area contributed by atoms with E-state index in [-0.39, 0.29) is 17.5 Å². The van der Waals surface area contributed by atoms with Crippen molar-refractivity contribution in [2.75, 3.05) is 33.3 Å². The maximum Gasteiger partial charge on any atom is 0.317 e. The Morgan fingerprint density at radius 1 is 1.12 bits per heavy atom. The third-order valence-corrected chi connectivity index (χ3v) is 4.45. The first-order chi connectivity index (χ1) is 11.6. The summed E-state index contributed by atoms with van der Waals surface area (Å²) >= 11 is 6.16. The Balaban J connectivity index is 2.05. The first-order valence-corrected chi connectivity index (χ1v) is 8.70. The highest BCUT2D eigenvalue weighted by Crippen LogP contribution is 2.28. The number of amides is 3. The van der Waals surface area contributed by atoms with Gasteiger partial charge in [-0.05, 0) is 45.4 Å². The molecule has 0 aromatic heterocycles. The molecule has 7 heteroatoms. The lowest BCUT2D eigenvalue weighted by Crippen LogP contribution is -2.56. The zero-order valence-corrected chi connectivity index (χ0v) is 16.2. The van der Waals surface area contributed by atoms with Crippen molar-refractivity contribution in [1.82, 2.24) is 15.1 Å². The minimum absolute atomic E-state index is 0.101. The Morgan fingerprint density at radius 3 is 2.20 bits per heavy atom. The summed E-state index contributed by atoms with van der Waals surface area (Å²) in [7, 11) is 1.54. The summed E-state index contributed by atoms with van der Waals surface area (Å²) in [5, 5.41) is 3.48. The van der Waals surface area contributed by atoms with E-state index in [1.165, 1.54) is 7.11 Å². The van der Waals surface area contributed by atoms with Crippen molar-refractivity contribution in [1.29, 1.82) is 0 Å². The molecule has 1 aromatic carbocycles. The van der Waals surface area contributed by atoms with Crippen molar-refractivity contribution < 1.29 is 14.3 Å². The Kier molecular flexibility index (Phi) is 5.83. The molecule has 1 fully saturated rings. The molecule has 0 radical (unpaired) electrons. The van der Waals surface area contributed by atoms with Crippen molar-refractivity contribution >= 4 is 23.5 Å². The minimum atomic E-state index is -0.282. The molecule has 0 atom stereocenters. The molecule has 1 N–H and O–H groups in total. The summed E-state index contributed by atoms with van der Waals surface area (Å²) < 4.78 is 5.33. The summed E-state index contributed by atoms with van der Waals surface area (Å²) in [5.74, 6) is 0.384. The summed E-state index contributed by atoms with van der Waals surface area (Å²) in [6.45, 7) is 9.64. The SMILES string of the molecule is COc1cc(C)c(Cl)cc1C(=O)N1CCN(C(=O)NC(C)(C)C)CC1. The molecule has 6 nitrogen and oxygen atoms in total. The minimum Gasteiger partial charge on any atom is -0.496 e. The van der Waals surface area contributed by atoms with Crippen LogP contribution < -0.4 is 10.1 Å². The second kappa shape index (κ2) is 7.52. The molecule has 1 heterocycles. The lowest BCUT2D eigenvalue weighted by atomic mass is 10.1. The molecule has 1 aliphatic heterocycles. The predicted molar refractivity (Wildman–Crippen MR) is 98.5 cm³/mol. The van der Waals surface area contributed by atoms with Gasteiger partial charge in [0.05, 0.1) is 12.7 Å². The van der Waals surface area contributed by atoms with Gasteiger partial charge in [-0.25, -0.2) is 4.79 Å². The number of hydrogen-bond acceptors (Lipinski definition) is 3. The topological polar surface area (TPSA) is 61.9 Å². The number of ether oxygens (including phenoxy) is 1. The van der Waals surface area contributed by atoms with Gasteiger partial charge in [0.1, 0.15) is 5.75 Å². The van der Waals surface area contributed by atoms with Crippen LogP contribution in [0.2, 0.25) is 5.02 Å². The maximum absolute atomic E-state index is 12.8. The average Bonchev–Trinajstić information content (AvgIpc) is 2.55. The van der Waals surface area contributed by atoms with Gasteiger partial charge >= 0.3 is 6.03 Å².